The van der Waals surface area contributed by atoms with Gasteiger partial charge in [-0.05, 0) is 58.6 Å². The minimum Gasteiger partial charge on any atom is -0.426 e. The maximum Gasteiger partial charge on any atom is 0.308 e. The Labute approximate surface area is 344 Å². The lowest BCUT2D eigenvalue weighted by molar-refractivity contribution is -0.131. The van der Waals surface area contributed by atoms with Crippen LogP contribution in [0.25, 0.3) is 32.3 Å². The molecule has 16 nitrogen and oxygen atoms in total. The Hall–Kier alpha value is -5.21. The van der Waals surface area contributed by atoms with E-state index in [1.165, 1.54) is 44.2 Å². The lowest BCUT2D eigenvalue weighted by Gasteiger charge is -2.20. The molecule has 0 saturated heterocycles. The van der Waals surface area contributed by atoms with Gasteiger partial charge in [0.1, 0.15) is 5.75 Å². The van der Waals surface area contributed by atoms with Crippen molar-refractivity contribution in [2.75, 3.05) is 38.5 Å². The summed E-state index contributed by atoms with van der Waals surface area (Å²) < 4.78 is 95.0. The van der Waals surface area contributed by atoms with Crippen molar-refractivity contribution >= 4 is 85.9 Å². The van der Waals surface area contributed by atoms with Gasteiger partial charge in [0, 0.05) is 94.8 Å². The van der Waals surface area contributed by atoms with Crippen molar-refractivity contribution in [3.63, 3.8) is 0 Å². The van der Waals surface area contributed by atoms with Crippen LogP contribution in [0.1, 0.15) is 53.4 Å². The smallest absolute Gasteiger partial charge is 0.308 e. The maximum absolute atomic E-state index is 14.1. The fourth-order valence-corrected chi connectivity index (χ4v) is 10.4. The number of nitrogens with one attached hydrogen (secondary N) is 5. The molecule has 0 aliphatic rings. The maximum atomic E-state index is 14.1. The monoisotopic (exact) mass is 871 g/mol. The Kier molecular flexibility index (Phi) is 15.2. The minimum absolute atomic E-state index is 0.0548. The molecule has 0 aliphatic carbocycles. The standard InChI is InChI=1S/C40H49N5O11S3/c1-24(2)38(47)41-16-8-9-21-57(50,51)33-22-32(56-27(7)46)28-12-13-30-34(58(52,53)44-19-10-17-42-39(48)25(3)4)23-35(31-15-14-29(33)36(28)37(30)31)59(54,55)45-20-11-18-43-40(49)26(5)6/h12-15,22-23,44-45H,1,3,5,8-11,16-21H2,2,4,6-7H3,(H,41,47)(H,42,48)(H,43,49). The van der Waals surface area contributed by atoms with Crippen LogP contribution in [0.2, 0.25) is 0 Å². The van der Waals surface area contributed by atoms with Crippen molar-refractivity contribution < 1.29 is 49.2 Å². The largest absolute Gasteiger partial charge is 0.426 e. The highest BCUT2D eigenvalue weighted by Crippen LogP contribution is 2.45. The molecular weight excluding hydrogens is 823 g/mol. The zero-order valence-electron chi connectivity index (χ0n) is 33.4. The van der Waals surface area contributed by atoms with Gasteiger partial charge in [0.05, 0.1) is 20.4 Å². The summed E-state index contributed by atoms with van der Waals surface area (Å²) in [5, 5.41) is 8.56. The molecule has 3 amide bonds. The van der Waals surface area contributed by atoms with Crippen LogP contribution in [0.5, 0.6) is 5.75 Å². The molecule has 0 saturated carbocycles. The van der Waals surface area contributed by atoms with E-state index in [0.717, 1.165) is 13.0 Å². The van der Waals surface area contributed by atoms with Crippen molar-refractivity contribution in [2.24, 2.45) is 0 Å². The molecule has 0 heterocycles. The second kappa shape index (κ2) is 19.2. The van der Waals surface area contributed by atoms with Gasteiger partial charge in [-0.15, -0.1) is 0 Å². The van der Waals surface area contributed by atoms with Gasteiger partial charge in [-0.25, -0.2) is 34.7 Å². The van der Waals surface area contributed by atoms with E-state index in [2.05, 4.69) is 45.1 Å². The summed E-state index contributed by atoms with van der Waals surface area (Å²) in [7, 11) is -13.1. The molecule has 0 bridgehead atoms. The number of ether oxygens (including phenoxy) is 1. The summed E-state index contributed by atoms with van der Waals surface area (Å²) >= 11 is 0. The lowest BCUT2D eigenvalue weighted by Crippen LogP contribution is -2.31. The van der Waals surface area contributed by atoms with Gasteiger partial charge in [0.2, 0.25) is 37.8 Å². The molecule has 0 aromatic heterocycles. The van der Waals surface area contributed by atoms with Crippen molar-refractivity contribution in [3.05, 3.63) is 72.9 Å². The van der Waals surface area contributed by atoms with Crippen LogP contribution in [-0.4, -0.2) is 87.4 Å². The van der Waals surface area contributed by atoms with E-state index in [-0.39, 0.29) is 118 Å². The van der Waals surface area contributed by atoms with Gasteiger partial charge >= 0.3 is 5.97 Å². The molecule has 0 spiro atoms. The number of hydrogen-bond donors (Lipinski definition) is 5. The van der Waals surface area contributed by atoms with Crippen LogP contribution < -0.4 is 30.1 Å². The second-order valence-electron chi connectivity index (χ2n) is 14.0. The molecule has 4 rings (SSSR count). The number of sulfonamides is 2. The number of rotatable bonds is 22. The Morgan fingerprint density at radius 3 is 1.34 bits per heavy atom. The SMILES string of the molecule is C=C(C)C(=O)NCCCCS(=O)(=O)c1cc(OC(C)=O)c2ccc3c(S(=O)(=O)NCCCNC(=O)C(=C)C)cc(S(=O)(=O)NCCCNC(=O)C(=C)C)c4ccc1c2c34. The van der Waals surface area contributed by atoms with Crippen LogP contribution in [0.15, 0.2) is 87.5 Å². The van der Waals surface area contributed by atoms with E-state index in [0.29, 0.717) is 12.0 Å². The van der Waals surface area contributed by atoms with Gasteiger partial charge in [0.15, 0.2) is 9.84 Å². The Morgan fingerprint density at radius 1 is 0.525 bits per heavy atom. The van der Waals surface area contributed by atoms with E-state index < -0.39 is 57.5 Å². The number of unbranched alkanes of at least 4 members (excludes halogenated alkanes) is 1. The highest BCUT2D eigenvalue weighted by molar-refractivity contribution is 7.91. The van der Waals surface area contributed by atoms with Crippen molar-refractivity contribution in [1.29, 1.82) is 0 Å². The molecule has 4 aromatic rings. The molecule has 4 aromatic carbocycles. The van der Waals surface area contributed by atoms with Gasteiger partial charge < -0.3 is 20.7 Å². The Bertz CT molecular complexity index is 2610. The van der Waals surface area contributed by atoms with E-state index >= 15 is 0 Å². The fraction of sp³-hybridized carbons (Fsp3) is 0.350. The number of sulfone groups is 1. The summed E-state index contributed by atoms with van der Waals surface area (Å²) in [4.78, 5) is 47.0. The molecule has 0 fully saturated rings. The average Bonchev–Trinajstić information content (AvgIpc) is 3.15. The van der Waals surface area contributed by atoms with Gasteiger partial charge in [-0.1, -0.05) is 37.9 Å². The van der Waals surface area contributed by atoms with Gasteiger partial charge in [0.25, 0.3) is 0 Å². The van der Waals surface area contributed by atoms with E-state index in [9.17, 15) is 44.4 Å². The van der Waals surface area contributed by atoms with E-state index in [1.54, 1.807) is 6.92 Å². The highest BCUT2D eigenvalue weighted by atomic mass is 32.2. The number of carbonyl (C=O) groups excluding carboxylic acids is 4. The van der Waals surface area contributed by atoms with Crippen molar-refractivity contribution in [3.8, 4) is 5.75 Å². The summed E-state index contributed by atoms with van der Waals surface area (Å²) in [6, 6.07) is 7.98. The first-order valence-corrected chi connectivity index (χ1v) is 23.2. The molecule has 19 heteroatoms. The lowest BCUT2D eigenvalue weighted by atomic mass is 9.93. The molecule has 0 radical (unpaired) electrons. The number of carbonyl (C=O) groups is 4. The topological polar surface area (TPSA) is 240 Å². The fourth-order valence-electron chi connectivity index (χ4n) is 6.14. The third-order valence-electron chi connectivity index (χ3n) is 9.07. The predicted octanol–water partition coefficient (Wildman–Crippen LogP) is 3.48. The first kappa shape index (κ1) is 46.5. The van der Waals surface area contributed by atoms with Crippen LogP contribution >= 0.6 is 0 Å². The molecule has 0 atom stereocenters. The van der Waals surface area contributed by atoms with Crippen LogP contribution in [0.4, 0.5) is 0 Å². The van der Waals surface area contributed by atoms with Gasteiger partial charge in [-0.3, -0.25) is 19.2 Å². The van der Waals surface area contributed by atoms with Crippen LogP contribution in [0.3, 0.4) is 0 Å². The van der Waals surface area contributed by atoms with Crippen LogP contribution in [0, 0.1) is 0 Å². The minimum atomic E-state index is -4.50. The Balaban J connectivity index is 1.89. The summed E-state index contributed by atoms with van der Waals surface area (Å²) in [5.74, 6) is -2.45. The highest BCUT2D eigenvalue weighted by Gasteiger charge is 2.30. The first-order chi connectivity index (χ1) is 27.6. The van der Waals surface area contributed by atoms with Gasteiger partial charge in [-0.2, -0.15) is 0 Å². The number of amides is 3. The molecule has 0 aliphatic heterocycles. The number of hydrogen-bond acceptors (Lipinski definition) is 11. The summed E-state index contributed by atoms with van der Waals surface area (Å²) in [6.07, 6.45) is 0.793. The number of benzene rings is 4. The zero-order chi connectivity index (χ0) is 43.9. The first-order valence-electron chi connectivity index (χ1n) is 18.6. The molecule has 5 N–H and O–H groups in total. The average molecular weight is 872 g/mol. The Morgan fingerprint density at radius 2 is 0.915 bits per heavy atom. The van der Waals surface area contributed by atoms with Crippen molar-refractivity contribution in [2.45, 2.75) is 68.1 Å². The van der Waals surface area contributed by atoms with E-state index in [4.69, 9.17) is 4.74 Å². The zero-order valence-corrected chi connectivity index (χ0v) is 35.8. The number of esters is 1. The van der Waals surface area contributed by atoms with Crippen molar-refractivity contribution in [1.82, 2.24) is 25.4 Å². The molecular formula is C40H49N5O11S3. The quantitative estimate of drug-likeness (QED) is 0.0252. The molecule has 59 heavy (non-hydrogen) atoms. The summed E-state index contributed by atoms with van der Waals surface area (Å²) in [6.45, 7) is 16.6. The summed E-state index contributed by atoms with van der Waals surface area (Å²) in [5.41, 5.74) is 0.849. The van der Waals surface area contributed by atoms with Crippen LogP contribution in [-0.2, 0) is 49.1 Å². The normalized spacial score (nSPS) is 12.1. The third kappa shape index (κ3) is 11.3. The molecule has 0 unspecified atom stereocenters. The third-order valence-corrected chi connectivity index (χ3v) is 13.9. The predicted molar refractivity (Wildman–Crippen MR) is 226 cm³/mol. The van der Waals surface area contributed by atoms with E-state index in [1.807, 2.05) is 0 Å². The molecule has 318 valence electrons. The second-order valence-corrected chi connectivity index (χ2v) is 19.6.